The average Bonchev–Trinajstić information content (AvgIpc) is 4.12. The SMILES string of the molecule is C(=Cc1ccc(N(c2ccc(-c3ccccc3)cc2)c2ccc3c(c2)c2ccccc2n3-c2ccccc2)cc1)c1ccc(N(c2ccc(-c3ccccc3)cc2)c2ccc3c(c2)c2ccccc2n3-c2ccccc2)cc1. The average molecular weight is 997 g/mol. The molecule has 0 aliphatic heterocycles. The van der Waals surface area contributed by atoms with Gasteiger partial charge in [-0.05, 0) is 155 Å². The first-order chi connectivity index (χ1) is 38.7. The van der Waals surface area contributed by atoms with E-state index < -0.39 is 0 Å². The summed E-state index contributed by atoms with van der Waals surface area (Å²) in [4.78, 5) is 4.74. The van der Waals surface area contributed by atoms with Crippen molar-refractivity contribution < 1.29 is 0 Å². The molecule has 368 valence electrons. The van der Waals surface area contributed by atoms with Crippen LogP contribution >= 0.6 is 0 Å². The molecule has 14 rings (SSSR count). The van der Waals surface area contributed by atoms with Crippen LogP contribution in [0.5, 0.6) is 0 Å². The van der Waals surface area contributed by atoms with Crippen molar-refractivity contribution in [3.63, 3.8) is 0 Å². The lowest BCUT2D eigenvalue weighted by Gasteiger charge is -2.26. The lowest BCUT2D eigenvalue weighted by molar-refractivity contribution is 1.18. The van der Waals surface area contributed by atoms with Crippen molar-refractivity contribution in [2.45, 2.75) is 0 Å². The monoisotopic (exact) mass is 996 g/mol. The first-order valence-corrected chi connectivity index (χ1v) is 26.7. The summed E-state index contributed by atoms with van der Waals surface area (Å²) < 4.78 is 4.74. The molecule has 0 saturated heterocycles. The minimum Gasteiger partial charge on any atom is -0.310 e. The Morgan fingerprint density at radius 3 is 0.872 bits per heavy atom. The van der Waals surface area contributed by atoms with E-state index in [9.17, 15) is 0 Å². The second-order valence-electron chi connectivity index (χ2n) is 19.8. The number of rotatable bonds is 12. The van der Waals surface area contributed by atoms with Gasteiger partial charge in [-0.2, -0.15) is 0 Å². The number of hydrogen-bond donors (Lipinski definition) is 0. The summed E-state index contributed by atoms with van der Waals surface area (Å²) >= 11 is 0. The molecule has 2 heterocycles. The molecule has 0 spiro atoms. The van der Waals surface area contributed by atoms with E-state index in [2.05, 4.69) is 334 Å². The summed E-state index contributed by atoms with van der Waals surface area (Å²) in [6.07, 6.45) is 4.41. The fraction of sp³-hybridized carbons (Fsp3) is 0. The van der Waals surface area contributed by atoms with Gasteiger partial charge < -0.3 is 18.9 Å². The predicted octanol–water partition coefficient (Wildman–Crippen LogP) is 20.3. The number of para-hydroxylation sites is 4. The van der Waals surface area contributed by atoms with Crippen LogP contribution in [0.15, 0.2) is 303 Å². The maximum atomic E-state index is 2.37. The normalized spacial score (nSPS) is 11.5. The second-order valence-corrected chi connectivity index (χ2v) is 19.8. The third-order valence-corrected chi connectivity index (χ3v) is 15.1. The summed E-state index contributed by atoms with van der Waals surface area (Å²) in [7, 11) is 0. The molecule has 0 amide bonds. The van der Waals surface area contributed by atoms with Crippen LogP contribution in [0.1, 0.15) is 11.1 Å². The number of nitrogens with zero attached hydrogens (tertiary/aromatic N) is 4. The van der Waals surface area contributed by atoms with Crippen LogP contribution in [0.25, 0.3) is 89.4 Å². The number of hydrogen-bond acceptors (Lipinski definition) is 2. The Labute approximate surface area is 454 Å². The molecular weight excluding hydrogens is 945 g/mol. The Balaban J connectivity index is 0.796. The van der Waals surface area contributed by atoms with Crippen LogP contribution in [0.2, 0.25) is 0 Å². The van der Waals surface area contributed by atoms with Crippen LogP contribution in [-0.4, -0.2) is 9.13 Å². The van der Waals surface area contributed by atoms with Gasteiger partial charge in [-0.1, -0.05) is 194 Å². The highest BCUT2D eigenvalue weighted by molar-refractivity contribution is 6.12. The van der Waals surface area contributed by atoms with Gasteiger partial charge in [0.1, 0.15) is 0 Å². The summed E-state index contributed by atoms with van der Waals surface area (Å²) in [5.74, 6) is 0. The molecule has 14 aromatic rings. The Morgan fingerprint density at radius 1 is 0.218 bits per heavy atom. The molecule has 0 saturated carbocycles. The molecule has 0 fully saturated rings. The molecule has 4 heteroatoms. The zero-order valence-corrected chi connectivity index (χ0v) is 42.8. The zero-order valence-electron chi connectivity index (χ0n) is 42.8. The zero-order chi connectivity index (χ0) is 51.8. The summed E-state index contributed by atoms with van der Waals surface area (Å²) in [6, 6.07) is 109. The van der Waals surface area contributed by atoms with Gasteiger partial charge in [-0.3, -0.25) is 0 Å². The van der Waals surface area contributed by atoms with Crippen molar-refractivity contribution in [1.82, 2.24) is 9.13 Å². The van der Waals surface area contributed by atoms with Gasteiger partial charge in [0.05, 0.1) is 22.1 Å². The van der Waals surface area contributed by atoms with Gasteiger partial charge in [0.25, 0.3) is 0 Å². The van der Waals surface area contributed by atoms with E-state index in [4.69, 9.17) is 0 Å². The molecule has 0 bridgehead atoms. The van der Waals surface area contributed by atoms with Crippen LogP contribution in [0, 0.1) is 0 Å². The standard InChI is InChI=1S/C74H52N4/c1-5-17-55(18-6-1)57-35-43-63(44-36-57)75(65-47-49-73-69(51-65)67-25-13-15-27-71(67)77(73)59-21-9-3-10-22-59)61-39-31-53(32-40-61)29-30-54-33-41-62(42-34-54)76(64-45-37-58(38-46-64)56-19-7-2-8-20-56)66-48-50-74-70(52-66)68-26-14-16-28-72(68)78(74)60-23-11-4-12-24-60/h1-52H. The maximum Gasteiger partial charge on any atom is 0.0542 e. The molecule has 0 N–H and O–H groups in total. The van der Waals surface area contributed by atoms with E-state index in [-0.39, 0.29) is 0 Å². The predicted molar refractivity (Wildman–Crippen MR) is 331 cm³/mol. The van der Waals surface area contributed by atoms with E-state index in [1.54, 1.807) is 0 Å². The van der Waals surface area contributed by atoms with Gasteiger partial charge in [0.2, 0.25) is 0 Å². The fourth-order valence-corrected chi connectivity index (χ4v) is 11.3. The van der Waals surface area contributed by atoms with Crippen molar-refractivity contribution in [3.8, 4) is 33.6 Å². The highest BCUT2D eigenvalue weighted by atomic mass is 15.1. The summed E-state index contributed by atoms with van der Waals surface area (Å²) in [5.41, 5.74) is 20.5. The highest BCUT2D eigenvalue weighted by Crippen LogP contribution is 2.43. The minimum absolute atomic E-state index is 1.08. The summed E-state index contributed by atoms with van der Waals surface area (Å²) in [5, 5.41) is 4.86. The Kier molecular flexibility index (Phi) is 11.8. The molecule has 78 heavy (non-hydrogen) atoms. The second kappa shape index (κ2) is 20.0. The molecule has 0 unspecified atom stereocenters. The van der Waals surface area contributed by atoms with Crippen molar-refractivity contribution in [1.29, 1.82) is 0 Å². The van der Waals surface area contributed by atoms with Crippen LogP contribution < -0.4 is 9.80 Å². The van der Waals surface area contributed by atoms with Crippen LogP contribution in [-0.2, 0) is 0 Å². The third kappa shape index (κ3) is 8.58. The van der Waals surface area contributed by atoms with Gasteiger partial charge in [0, 0.05) is 67.0 Å². The van der Waals surface area contributed by atoms with Gasteiger partial charge in [0.15, 0.2) is 0 Å². The van der Waals surface area contributed by atoms with E-state index in [1.165, 1.54) is 65.9 Å². The first kappa shape index (κ1) is 46.1. The Hall–Kier alpha value is -10.4. The first-order valence-electron chi connectivity index (χ1n) is 26.7. The molecule has 0 aliphatic rings. The molecule has 0 radical (unpaired) electrons. The Bertz CT molecular complexity index is 4140. The van der Waals surface area contributed by atoms with E-state index >= 15 is 0 Å². The minimum atomic E-state index is 1.08. The Morgan fingerprint density at radius 2 is 0.500 bits per heavy atom. The third-order valence-electron chi connectivity index (χ3n) is 15.1. The topological polar surface area (TPSA) is 16.3 Å². The van der Waals surface area contributed by atoms with Crippen LogP contribution in [0.4, 0.5) is 34.1 Å². The van der Waals surface area contributed by atoms with Crippen molar-refractivity contribution >= 4 is 89.9 Å². The lowest BCUT2D eigenvalue weighted by Crippen LogP contribution is -2.10. The molecule has 0 aliphatic carbocycles. The lowest BCUT2D eigenvalue weighted by atomic mass is 10.0. The van der Waals surface area contributed by atoms with Gasteiger partial charge >= 0.3 is 0 Å². The molecule has 2 aromatic heterocycles. The fourth-order valence-electron chi connectivity index (χ4n) is 11.3. The van der Waals surface area contributed by atoms with Gasteiger partial charge in [-0.15, -0.1) is 0 Å². The van der Waals surface area contributed by atoms with E-state index in [1.807, 2.05) is 0 Å². The number of anilines is 6. The highest BCUT2D eigenvalue weighted by Gasteiger charge is 2.20. The van der Waals surface area contributed by atoms with Gasteiger partial charge in [-0.25, -0.2) is 0 Å². The van der Waals surface area contributed by atoms with Crippen molar-refractivity contribution in [2.24, 2.45) is 0 Å². The molecule has 4 nitrogen and oxygen atoms in total. The maximum absolute atomic E-state index is 2.37. The number of fused-ring (bicyclic) bond motifs is 6. The molecular formula is C74H52N4. The molecule has 0 atom stereocenters. The number of aromatic nitrogens is 2. The summed E-state index contributed by atoms with van der Waals surface area (Å²) in [6.45, 7) is 0. The van der Waals surface area contributed by atoms with E-state index in [0.29, 0.717) is 0 Å². The van der Waals surface area contributed by atoms with Crippen molar-refractivity contribution in [2.75, 3.05) is 9.80 Å². The van der Waals surface area contributed by atoms with Crippen molar-refractivity contribution in [3.05, 3.63) is 314 Å². The quantitative estimate of drug-likeness (QED) is 0.113. The molecule has 12 aromatic carbocycles. The smallest absolute Gasteiger partial charge is 0.0542 e. The number of benzene rings is 12. The van der Waals surface area contributed by atoms with E-state index in [0.717, 1.165) is 56.6 Å². The van der Waals surface area contributed by atoms with Crippen LogP contribution in [0.3, 0.4) is 0 Å². The largest absolute Gasteiger partial charge is 0.310 e.